The third-order valence-electron chi connectivity index (χ3n) is 3.01. The molecule has 118 valence electrons. The van der Waals surface area contributed by atoms with Crippen molar-refractivity contribution in [2.75, 3.05) is 5.32 Å². The number of nitrogens with one attached hydrogen (secondary N) is 2. The highest BCUT2D eigenvalue weighted by Gasteiger charge is 2.07. The summed E-state index contributed by atoms with van der Waals surface area (Å²) in [6.45, 7) is 3.62. The first-order chi connectivity index (χ1) is 11.0. The first kappa shape index (κ1) is 16.4. The van der Waals surface area contributed by atoms with Gasteiger partial charge < -0.3 is 5.32 Å². The van der Waals surface area contributed by atoms with Crippen LogP contribution in [0.4, 0.5) is 5.82 Å². The Morgan fingerprint density at radius 3 is 2.52 bits per heavy atom. The Balaban J connectivity index is 1.86. The molecular formula is C17H18N4O2. The summed E-state index contributed by atoms with van der Waals surface area (Å²) in [7, 11) is 0. The fourth-order valence-corrected chi connectivity index (χ4v) is 1.81. The first-order valence-electron chi connectivity index (χ1n) is 7.15. The highest BCUT2D eigenvalue weighted by molar-refractivity contribution is 6.05. The van der Waals surface area contributed by atoms with Crippen molar-refractivity contribution in [3.63, 3.8) is 0 Å². The zero-order valence-electron chi connectivity index (χ0n) is 13.0. The summed E-state index contributed by atoms with van der Waals surface area (Å²) in [5.74, 6) is -0.0713. The average molecular weight is 310 g/mol. The van der Waals surface area contributed by atoms with Gasteiger partial charge in [0.15, 0.2) is 0 Å². The van der Waals surface area contributed by atoms with Crippen LogP contribution in [0.15, 0.2) is 53.8 Å². The Morgan fingerprint density at radius 2 is 1.87 bits per heavy atom. The molecule has 0 aliphatic heterocycles. The van der Waals surface area contributed by atoms with Crippen molar-refractivity contribution in [2.24, 2.45) is 5.10 Å². The smallest absolute Gasteiger partial charge is 0.271 e. The van der Waals surface area contributed by atoms with E-state index in [1.807, 2.05) is 19.1 Å². The summed E-state index contributed by atoms with van der Waals surface area (Å²) < 4.78 is 0. The number of carbonyl (C=O) groups is 2. The predicted molar refractivity (Wildman–Crippen MR) is 89.2 cm³/mol. The second kappa shape index (κ2) is 7.84. The van der Waals surface area contributed by atoms with Gasteiger partial charge in [0, 0.05) is 17.5 Å². The number of anilines is 1. The van der Waals surface area contributed by atoms with Gasteiger partial charge in [0.25, 0.3) is 5.91 Å². The molecule has 1 aromatic carbocycles. The van der Waals surface area contributed by atoms with E-state index < -0.39 is 0 Å². The molecular weight excluding hydrogens is 292 g/mol. The number of nitrogens with zero attached hydrogens (tertiary/aromatic N) is 2. The standard InChI is InChI=1S/C17H18N4O2/c1-12-6-8-14(9-7-12)17(23)21-20-13(2)11-16(22)19-15-5-3-4-10-18-15/h3-10H,11H2,1-2H3,(H,21,23)(H,18,19,22)/b20-13+. The molecule has 0 saturated heterocycles. The molecule has 2 rings (SSSR count). The van der Waals surface area contributed by atoms with Gasteiger partial charge in [0.1, 0.15) is 5.82 Å². The third-order valence-corrected chi connectivity index (χ3v) is 3.01. The van der Waals surface area contributed by atoms with Crippen LogP contribution in [0, 0.1) is 6.92 Å². The summed E-state index contributed by atoms with van der Waals surface area (Å²) >= 11 is 0. The molecule has 1 heterocycles. The Hall–Kier alpha value is -3.02. The molecule has 2 aromatic rings. The minimum Gasteiger partial charge on any atom is -0.310 e. The van der Waals surface area contributed by atoms with Crippen molar-refractivity contribution >= 4 is 23.3 Å². The van der Waals surface area contributed by atoms with E-state index in [1.165, 1.54) is 0 Å². The number of pyridine rings is 1. The molecule has 0 bridgehead atoms. The Labute approximate surface area is 134 Å². The van der Waals surface area contributed by atoms with Gasteiger partial charge in [-0.2, -0.15) is 5.10 Å². The lowest BCUT2D eigenvalue weighted by atomic mass is 10.1. The van der Waals surface area contributed by atoms with Gasteiger partial charge in [-0.25, -0.2) is 10.4 Å². The van der Waals surface area contributed by atoms with Gasteiger partial charge in [-0.3, -0.25) is 9.59 Å². The quantitative estimate of drug-likeness (QED) is 0.657. The van der Waals surface area contributed by atoms with Crippen LogP contribution in [0.25, 0.3) is 0 Å². The maximum atomic E-state index is 11.9. The van der Waals surface area contributed by atoms with E-state index in [0.717, 1.165) is 5.56 Å². The number of hydrogen-bond acceptors (Lipinski definition) is 4. The van der Waals surface area contributed by atoms with Gasteiger partial charge in [0.05, 0.1) is 6.42 Å². The van der Waals surface area contributed by atoms with Gasteiger partial charge in [0.2, 0.25) is 5.91 Å². The number of hydrogen-bond donors (Lipinski definition) is 2. The molecule has 0 fully saturated rings. The number of hydrazone groups is 1. The van der Waals surface area contributed by atoms with Gasteiger partial charge in [-0.15, -0.1) is 0 Å². The van der Waals surface area contributed by atoms with E-state index >= 15 is 0 Å². The van der Waals surface area contributed by atoms with E-state index in [1.54, 1.807) is 43.5 Å². The van der Waals surface area contributed by atoms with Gasteiger partial charge in [-0.1, -0.05) is 23.8 Å². The number of carbonyl (C=O) groups excluding carboxylic acids is 2. The summed E-state index contributed by atoms with van der Waals surface area (Å²) in [5.41, 5.74) is 4.53. The van der Waals surface area contributed by atoms with Crippen LogP contribution < -0.4 is 10.7 Å². The molecule has 6 nitrogen and oxygen atoms in total. The van der Waals surface area contributed by atoms with E-state index in [0.29, 0.717) is 17.1 Å². The second-order valence-corrected chi connectivity index (χ2v) is 5.09. The van der Waals surface area contributed by atoms with Gasteiger partial charge in [-0.05, 0) is 38.1 Å². The lowest BCUT2D eigenvalue weighted by molar-refractivity contribution is -0.115. The molecule has 2 N–H and O–H groups in total. The van der Waals surface area contributed by atoms with Crippen LogP contribution in [0.2, 0.25) is 0 Å². The molecule has 0 aliphatic rings. The SMILES string of the molecule is C/C(CC(=O)Nc1ccccn1)=N\NC(=O)c1ccc(C)cc1. The van der Waals surface area contributed by atoms with Crippen LogP contribution in [-0.4, -0.2) is 22.5 Å². The minimum atomic E-state index is -0.311. The maximum absolute atomic E-state index is 11.9. The first-order valence-corrected chi connectivity index (χ1v) is 7.15. The zero-order valence-corrected chi connectivity index (χ0v) is 13.0. The predicted octanol–water partition coefficient (Wildman–Crippen LogP) is 2.52. The maximum Gasteiger partial charge on any atom is 0.271 e. The molecule has 0 saturated carbocycles. The van der Waals surface area contributed by atoms with Crippen LogP contribution in [0.5, 0.6) is 0 Å². The monoisotopic (exact) mass is 310 g/mol. The topological polar surface area (TPSA) is 83.4 Å². The number of benzene rings is 1. The summed E-state index contributed by atoms with van der Waals surface area (Å²) in [5, 5.41) is 6.60. The van der Waals surface area contributed by atoms with Crippen LogP contribution in [-0.2, 0) is 4.79 Å². The Kier molecular flexibility index (Phi) is 5.57. The van der Waals surface area contributed by atoms with Crippen molar-refractivity contribution in [1.29, 1.82) is 0 Å². The molecule has 6 heteroatoms. The normalized spacial score (nSPS) is 11.0. The van der Waals surface area contributed by atoms with Crippen LogP contribution in [0.3, 0.4) is 0 Å². The van der Waals surface area contributed by atoms with Crippen LogP contribution >= 0.6 is 0 Å². The summed E-state index contributed by atoms with van der Waals surface area (Å²) in [4.78, 5) is 27.7. The Morgan fingerprint density at radius 1 is 1.13 bits per heavy atom. The molecule has 0 unspecified atom stereocenters. The Bertz CT molecular complexity index is 709. The minimum absolute atomic E-state index is 0.0742. The highest BCUT2D eigenvalue weighted by atomic mass is 16.2. The van der Waals surface area contributed by atoms with Crippen molar-refractivity contribution in [3.05, 3.63) is 59.8 Å². The number of amides is 2. The lowest BCUT2D eigenvalue weighted by Gasteiger charge is -2.05. The van der Waals surface area contributed by atoms with E-state index in [4.69, 9.17) is 0 Å². The summed E-state index contributed by atoms with van der Waals surface area (Å²) in [6.07, 6.45) is 1.67. The molecule has 0 aliphatic carbocycles. The summed E-state index contributed by atoms with van der Waals surface area (Å²) in [6, 6.07) is 12.4. The number of aromatic nitrogens is 1. The highest BCUT2D eigenvalue weighted by Crippen LogP contribution is 2.03. The lowest BCUT2D eigenvalue weighted by Crippen LogP contribution is -2.21. The van der Waals surface area contributed by atoms with Crippen molar-refractivity contribution in [1.82, 2.24) is 10.4 Å². The van der Waals surface area contributed by atoms with E-state index in [9.17, 15) is 9.59 Å². The molecule has 0 atom stereocenters. The van der Waals surface area contributed by atoms with Crippen molar-refractivity contribution in [2.45, 2.75) is 20.3 Å². The van der Waals surface area contributed by atoms with Crippen molar-refractivity contribution in [3.8, 4) is 0 Å². The van der Waals surface area contributed by atoms with E-state index in [2.05, 4.69) is 20.8 Å². The second-order valence-electron chi connectivity index (χ2n) is 5.09. The fraction of sp³-hybridized carbons (Fsp3) is 0.176. The average Bonchev–Trinajstić information content (AvgIpc) is 2.54. The number of rotatable bonds is 5. The largest absolute Gasteiger partial charge is 0.310 e. The van der Waals surface area contributed by atoms with Crippen molar-refractivity contribution < 1.29 is 9.59 Å². The van der Waals surface area contributed by atoms with Crippen LogP contribution in [0.1, 0.15) is 29.3 Å². The van der Waals surface area contributed by atoms with E-state index in [-0.39, 0.29) is 18.2 Å². The zero-order chi connectivity index (χ0) is 16.7. The molecule has 0 radical (unpaired) electrons. The van der Waals surface area contributed by atoms with Gasteiger partial charge >= 0.3 is 0 Å². The number of aryl methyl sites for hydroxylation is 1. The fourth-order valence-electron chi connectivity index (χ4n) is 1.81. The third kappa shape index (κ3) is 5.35. The molecule has 0 spiro atoms. The molecule has 23 heavy (non-hydrogen) atoms. The molecule has 1 aromatic heterocycles. The molecule has 2 amide bonds.